The van der Waals surface area contributed by atoms with Gasteiger partial charge in [0.2, 0.25) is 0 Å². The van der Waals surface area contributed by atoms with Crippen molar-refractivity contribution in [2.75, 3.05) is 6.61 Å². The molecule has 0 unspecified atom stereocenters. The molecule has 2 aromatic rings. The van der Waals surface area contributed by atoms with Crippen LogP contribution in [0.2, 0.25) is 10.0 Å². The summed E-state index contributed by atoms with van der Waals surface area (Å²) in [5.74, 6) is 0.546. The van der Waals surface area contributed by atoms with E-state index >= 15 is 0 Å². The van der Waals surface area contributed by atoms with Crippen LogP contribution in [0, 0.1) is 0 Å². The van der Waals surface area contributed by atoms with Crippen molar-refractivity contribution in [2.45, 2.75) is 6.54 Å². The van der Waals surface area contributed by atoms with E-state index in [-0.39, 0.29) is 5.56 Å². The van der Waals surface area contributed by atoms with Gasteiger partial charge < -0.3 is 9.30 Å². The van der Waals surface area contributed by atoms with E-state index in [2.05, 4.69) is 0 Å². The van der Waals surface area contributed by atoms with Crippen LogP contribution in [0.3, 0.4) is 0 Å². The average molecular weight is 256 g/mol. The Morgan fingerprint density at radius 3 is 2.88 bits per heavy atom. The van der Waals surface area contributed by atoms with Crippen LogP contribution >= 0.6 is 23.2 Å². The number of hydrogen-bond acceptors (Lipinski definition) is 2. The second-order valence-electron chi connectivity index (χ2n) is 3.60. The van der Waals surface area contributed by atoms with Crippen LogP contribution in [-0.2, 0) is 6.54 Å². The first-order valence-corrected chi connectivity index (χ1v) is 5.58. The van der Waals surface area contributed by atoms with Gasteiger partial charge in [-0.15, -0.1) is 0 Å². The van der Waals surface area contributed by atoms with E-state index in [1.807, 2.05) is 0 Å². The molecule has 1 aliphatic rings. The summed E-state index contributed by atoms with van der Waals surface area (Å²) >= 11 is 12.1. The SMILES string of the molecule is O=c1ccc2c(Cl)cc(Cl)c3c2n1CCO3. The first-order chi connectivity index (χ1) is 7.68. The standard InChI is InChI=1S/C11H7Cl2NO2/c12-7-5-8(13)11-10-6(7)1-2-9(15)14(10)3-4-16-11/h1-2,5H,3-4H2. The lowest BCUT2D eigenvalue weighted by atomic mass is 10.2. The molecule has 2 heterocycles. The Kier molecular flexibility index (Phi) is 2.13. The van der Waals surface area contributed by atoms with Crippen molar-refractivity contribution in [1.29, 1.82) is 0 Å². The normalized spacial score (nSPS) is 13.9. The third-order valence-electron chi connectivity index (χ3n) is 2.69. The molecule has 0 spiro atoms. The molecule has 0 aliphatic carbocycles. The zero-order valence-corrected chi connectivity index (χ0v) is 9.68. The van der Waals surface area contributed by atoms with Crippen LogP contribution in [0.15, 0.2) is 23.0 Å². The number of aromatic nitrogens is 1. The minimum atomic E-state index is -0.0598. The summed E-state index contributed by atoms with van der Waals surface area (Å²) in [6, 6.07) is 4.85. The molecule has 3 nitrogen and oxygen atoms in total. The van der Waals surface area contributed by atoms with Crippen LogP contribution in [0.25, 0.3) is 10.9 Å². The third-order valence-corrected chi connectivity index (χ3v) is 3.28. The molecule has 16 heavy (non-hydrogen) atoms. The van der Waals surface area contributed by atoms with Crippen LogP contribution < -0.4 is 10.3 Å². The highest BCUT2D eigenvalue weighted by Gasteiger charge is 2.19. The number of pyridine rings is 1. The molecule has 1 aliphatic heterocycles. The fourth-order valence-corrected chi connectivity index (χ4v) is 2.55. The summed E-state index contributed by atoms with van der Waals surface area (Å²) in [4.78, 5) is 11.7. The summed E-state index contributed by atoms with van der Waals surface area (Å²) < 4.78 is 7.13. The van der Waals surface area contributed by atoms with Gasteiger partial charge in [-0.1, -0.05) is 23.2 Å². The first-order valence-electron chi connectivity index (χ1n) is 4.83. The van der Waals surface area contributed by atoms with Crippen molar-refractivity contribution in [3.05, 3.63) is 38.6 Å². The maximum atomic E-state index is 11.7. The Morgan fingerprint density at radius 1 is 1.25 bits per heavy atom. The quantitative estimate of drug-likeness (QED) is 0.725. The molecule has 0 atom stereocenters. The molecule has 0 N–H and O–H groups in total. The molecule has 1 aromatic heterocycles. The number of halogens is 2. The van der Waals surface area contributed by atoms with Gasteiger partial charge in [-0.05, 0) is 12.1 Å². The Bertz CT molecular complexity index is 648. The van der Waals surface area contributed by atoms with Gasteiger partial charge in [0.25, 0.3) is 5.56 Å². The summed E-state index contributed by atoms with van der Waals surface area (Å²) in [6.07, 6.45) is 0. The average Bonchev–Trinajstić information content (AvgIpc) is 2.27. The largest absolute Gasteiger partial charge is 0.488 e. The predicted molar refractivity (Wildman–Crippen MR) is 63.7 cm³/mol. The minimum Gasteiger partial charge on any atom is -0.488 e. The molecular formula is C11H7Cl2NO2. The van der Waals surface area contributed by atoms with Crippen molar-refractivity contribution in [1.82, 2.24) is 4.57 Å². The fraction of sp³-hybridized carbons (Fsp3) is 0.182. The lowest BCUT2D eigenvalue weighted by Crippen LogP contribution is -2.26. The minimum absolute atomic E-state index is 0.0598. The van der Waals surface area contributed by atoms with Crippen molar-refractivity contribution < 1.29 is 4.74 Å². The highest BCUT2D eigenvalue weighted by Crippen LogP contribution is 2.38. The molecule has 5 heteroatoms. The maximum absolute atomic E-state index is 11.7. The topological polar surface area (TPSA) is 31.2 Å². The highest BCUT2D eigenvalue weighted by atomic mass is 35.5. The van der Waals surface area contributed by atoms with E-state index in [1.54, 1.807) is 16.7 Å². The number of rotatable bonds is 0. The molecule has 1 aromatic carbocycles. The second kappa shape index (κ2) is 3.40. The monoisotopic (exact) mass is 255 g/mol. The Balaban J connectivity index is 2.60. The van der Waals surface area contributed by atoms with Gasteiger partial charge in [-0.2, -0.15) is 0 Å². The molecule has 0 radical (unpaired) electrons. The molecule has 3 rings (SSSR count). The van der Waals surface area contributed by atoms with Crippen LogP contribution in [0.5, 0.6) is 5.75 Å². The lowest BCUT2D eigenvalue weighted by molar-refractivity contribution is 0.284. The summed E-state index contributed by atoms with van der Waals surface area (Å²) in [5.41, 5.74) is 0.631. The lowest BCUT2D eigenvalue weighted by Gasteiger charge is -2.21. The molecule has 0 fully saturated rings. The fourth-order valence-electron chi connectivity index (χ4n) is 1.98. The Morgan fingerprint density at radius 2 is 2.06 bits per heavy atom. The van der Waals surface area contributed by atoms with Crippen molar-refractivity contribution in [2.24, 2.45) is 0 Å². The van der Waals surface area contributed by atoms with E-state index in [0.29, 0.717) is 34.5 Å². The predicted octanol–water partition coefficient (Wildman–Crippen LogP) is 2.70. The Labute approximate surface area is 101 Å². The first kappa shape index (κ1) is 10.00. The van der Waals surface area contributed by atoms with Gasteiger partial charge in [0, 0.05) is 11.5 Å². The van der Waals surface area contributed by atoms with Crippen molar-refractivity contribution in [3.63, 3.8) is 0 Å². The second-order valence-corrected chi connectivity index (χ2v) is 4.42. The molecule has 82 valence electrons. The van der Waals surface area contributed by atoms with Crippen LogP contribution in [0.4, 0.5) is 0 Å². The number of ether oxygens (including phenoxy) is 1. The van der Waals surface area contributed by atoms with Crippen LogP contribution in [0.1, 0.15) is 0 Å². The zero-order chi connectivity index (χ0) is 11.3. The van der Waals surface area contributed by atoms with Gasteiger partial charge in [-0.25, -0.2) is 0 Å². The summed E-state index contributed by atoms with van der Waals surface area (Å²) in [5, 5.41) is 1.76. The summed E-state index contributed by atoms with van der Waals surface area (Å²) in [7, 11) is 0. The van der Waals surface area contributed by atoms with Gasteiger partial charge in [0.1, 0.15) is 6.61 Å². The van der Waals surface area contributed by atoms with E-state index in [9.17, 15) is 4.79 Å². The molecule has 0 saturated carbocycles. The molecule has 0 saturated heterocycles. The van der Waals surface area contributed by atoms with Crippen molar-refractivity contribution >= 4 is 34.1 Å². The number of nitrogens with zero attached hydrogens (tertiary/aromatic N) is 1. The van der Waals surface area contributed by atoms with Gasteiger partial charge >= 0.3 is 0 Å². The van der Waals surface area contributed by atoms with E-state index in [1.165, 1.54) is 6.07 Å². The van der Waals surface area contributed by atoms with Crippen molar-refractivity contribution in [3.8, 4) is 5.75 Å². The van der Waals surface area contributed by atoms with Gasteiger partial charge in [0.05, 0.1) is 22.1 Å². The van der Waals surface area contributed by atoms with Crippen LogP contribution in [-0.4, -0.2) is 11.2 Å². The smallest absolute Gasteiger partial charge is 0.251 e. The van der Waals surface area contributed by atoms with Gasteiger partial charge in [0.15, 0.2) is 5.75 Å². The van der Waals surface area contributed by atoms with E-state index in [0.717, 1.165) is 5.39 Å². The number of benzene rings is 1. The molecule has 0 amide bonds. The summed E-state index contributed by atoms with van der Waals surface area (Å²) in [6.45, 7) is 0.979. The Hall–Kier alpha value is -1.19. The number of hydrogen-bond donors (Lipinski definition) is 0. The maximum Gasteiger partial charge on any atom is 0.251 e. The molecule has 0 bridgehead atoms. The highest BCUT2D eigenvalue weighted by molar-refractivity contribution is 6.39. The van der Waals surface area contributed by atoms with E-state index < -0.39 is 0 Å². The van der Waals surface area contributed by atoms with Gasteiger partial charge in [-0.3, -0.25) is 4.79 Å². The third kappa shape index (κ3) is 1.25. The molecular weight excluding hydrogens is 249 g/mol. The zero-order valence-electron chi connectivity index (χ0n) is 8.17. The van der Waals surface area contributed by atoms with E-state index in [4.69, 9.17) is 27.9 Å².